The Morgan fingerprint density at radius 1 is 1.00 bits per heavy atom. The lowest BCUT2D eigenvalue weighted by molar-refractivity contribution is 0.311. The van der Waals surface area contributed by atoms with Crippen LogP contribution < -0.4 is 14.8 Å². The molecule has 2 aromatic carbocycles. The van der Waals surface area contributed by atoms with E-state index in [-0.39, 0.29) is 0 Å². The molecule has 3 nitrogen and oxygen atoms in total. The fourth-order valence-electron chi connectivity index (χ4n) is 2.24. The summed E-state index contributed by atoms with van der Waals surface area (Å²) in [6.07, 6.45) is 0. The van der Waals surface area contributed by atoms with E-state index in [1.54, 1.807) is 7.11 Å². The standard InChI is InChI=1S/C18H23NO2/c1-5-21-18-11-16(8-9-17(18)20-4)19-12-15-10-13(2)6-7-14(15)3/h6-11,19H,5,12H2,1-4H3. The molecule has 0 aromatic heterocycles. The van der Waals surface area contributed by atoms with E-state index in [0.717, 1.165) is 23.7 Å². The summed E-state index contributed by atoms with van der Waals surface area (Å²) in [7, 11) is 1.65. The lowest BCUT2D eigenvalue weighted by Gasteiger charge is -2.13. The largest absolute Gasteiger partial charge is 0.493 e. The molecule has 0 atom stereocenters. The molecule has 0 spiro atoms. The van der Waals surface area contributed by atoms with Crippen LogP contribution in [0.25, 0.3) is 0 Å². The van der Waals surface area contributed by atoms with Gasteiger partial charge >= 0.3 is 0 Å². The number of hydrogen-bond acceptors (Lipinski definition) is 3. The van der Waals surface area contributed by atoms with Crippen molar-refractivity contribution in [1.29, 1.82) is 0 Å². The van der Waals surface area contributed by atoms with Crippen molar-refractivity contribution in [3.63, 3.8) is 0 Å². The highest BCUT2D eigenvalue weighted by Crippen LogP contribution is 2.30. The van der Waals surface area contributed by atoms with Crippen molar-refractivity contribution >= 4 is 5.69 Å². The van der Waals surface area contributed by atoms with Crippen LogP contribution in [0.5, 0.6) is 11.5 Å². The normalized spacial score (nSPS) is 10.3. The second-order valence-corrected chi connectivity index (χ2v) is 5.08. The minimum absolute atomic E-state index is 0.622. The first-order valence-corrected chi connectivity index (χ1v) is 7.25. The van der Waals surface area contributed by atoms with Crippen molar-refractivity contribution in [2.75, 3.05) is 19.0 Å². The molecule has 2 aromatic rings. The Labute approximate surface area is 126 Å². The first kappa shape index (κ1) is 15.2. The molecule has 0 amide bonds. The monoisotopic (exact) mass is 285 g/mol. The molecule has 0 aliphatic rings. The summed E-state index contributed by atoms with van der Waals surface area (Å²) in [5, 5.41) is 3.44. The van der Waals surface area contributed by atoms with E-state index in [2.05, 4.69) is 37.4 Å². The van der Waals surface area contributed by atoms with Gasteiger partial charge in [0.1, 0.15) is 0 Å². The zero-order valence-electron chi connectivity index (χ0n) is 13.2. The zero-order chi connectivity index (χ0) is 15.2. The highest BCUT2D eigenvalue weighted by atomic mass is 16.5. The molecule has 0 saturated heterocycles. The molecule has 0 aliphatic heterocycles. The van der Waals surface area contributed by atoms with E-state index < -0.39 is 0 Å². The summed E-state index contributed by atoms with van der Waals surface area (Å²) in [6.45, 7) is 7.64. The minimum atomic E-state index is 0.622. The van der Waals surface area contributed by atoms with Crippen molar-refractivity contribution in [3.05, 3.63) is 53.1 Å². The number of anilines is 1. The summed E-state index contributed by atoms with van der Waals surface area (Å²) in [5.74, 6) is 1.53. The van der Waals surface area contributed by atoms with Crippen LogP contribution in [0, 0.1) is 13.8 Å². The molecule has 112 valence electrons. The Balaban J connectivity index is 2.12. The SMILES string of the molecule is CCOc1cc(NCc2cc(C)ccc2C)ccc1OC. The number of methoxy groups -OCH3 is 1. The van der Waals surface area contributed by atoms with E-state index in [0.29, 0.717) is 6.61 Å². The molecule has 2 rings (SSSR count). The lowest BCUT2D eigenvalue weighted by atomic mass is 10.1. The number of hydrogen-bond donors (Lipinski definition) is 1. The molecule has 0 fully saturated rings. The summed E-state index contributed by atoms with van der Waals surface area (Å²) in [6, 6.07) is 12.4. The Bertz CT molecular complexity index is 608. The lowest BCUT2D eigenvalue weighted by Crippen LogP contribution is -2.03. The Kier molecular flexibility index (Phi) is 5.09. The second kappa shape index (κ2) is 7.02. The van der Waals surface area contributed by atoms with Crippen LogP contribution in [-0.2, 0) is 6.54 Å². The summed E-state index contributed by atoms with van der Waals surface area (Å²) < 4.78 is 10.9. The zero-order valence-corrected chi connectivity index (χ0v) is 13.2. The number of nitrogens with one attached hydrogen (secondary N) is 1. The van der Waals surface area contributed by atoms with Gasteiger partial charge < -0.3 is 14.8 Å². The highest BCUT2D eigenvalue weighted by molar-refractivity contribution is 5.55. The van der Waals surface area contributed by atoms with Crippen LogP contribution in [0.2, 0.25) is 0 Å². The minimum Gasteiger partial charge on any atom is -0.493 e. The predicted octanol–water partition coefficient (Wildman–Crippen LogP) is 4.32. The molecule has 0 aliphatic carbocycles. The van der Waals surface area contributed by atoms with Gasteiger partial charge in [-0.1, -0.05) is 23.8 Å². The van der Waals surface area contributed by atoms with E-state index in [9.17, 15) is 0 Å². The van der Waals surface area contributed by atoms with Crippen molar-refractivity contribution in [3.8, 4) is 11.5 Å². The fraction of sp³-hybridized carbons (Fsp3) is 0.333. The molecule has 3 heteroatoms. The Morgan fingerprint density at radius 3 is 2.52 bits per heavy atom. The van der Waals surface area contributed by atoms with Crippen molar-refractivity contribution < 1.29 is 9.47 Å². The average Bonchev–Trinajstić information content (AvgIpc) is 2.49. The van der Waals surface area contributed by atoms with Gasteiger partial charge in [-0.25, -0.2) is 0 Å². The third-order valence-electron chi connectivity index (χ3n) is 3.45. The second-order valence-electron chi connectivity index (χ2n) is 5.08. The van der Waals surface area contributed by atoms with Crippen molar-refractivity contribution in [2.45, 2.75) is 27.3 Å². The maximum absolute atomic E-state index is 5.60. The van der Waals surface area contributed by atoms with Gasteiger partial charge in [0, 0.05) is 18.3 Å². The van der Waals surface area contributed by atoms with Gasteiger partial charge in [-0.2, -0.15) is 0 Å². The molecule has 0 unspecified atom stereocenters. The van der Waals surface area contributed by atoms with E-state index >= 15 is 0 Å². The summed E-state index contributed by atoms with van der Waals surface area (Å²) in [4.78, 5) is 0. The molecular formula is C18H23NO2. The molecule has 0 heterocycles. The number of ether oxygens (including phenoxy) is 2. The van der Waals surface area contributed by atoms with Gasteiger partial charge in [0.25, 0.3) is 0 Å². The smallest absolute Gasteiger partial charge is 0.163 e. The van der Waals surface area contributed by atoms with E-state index in [4.69, 9.17) is 9.47 Å². The molecular weight excluding hydrogens is 262 g/mol. The Hall–Kier alpha value is -2.16. The average molecular weight is 285 g/mol. The first-order chi connectivity index (χ1) is 10.1. The number of rotatable bonds is 6. The topological polar surface area (TPSA) is 30.5 Å². The van der Waals surface area contributed by atoms with Crippen molar-refractivity contribution in [2.24, 2.45) is 0 Å². The first-order valence-electron chi connectivity index (χ1n) is 7.25. The van der Waals surface area contributed by atoms with Crippen LogP contribution in [0.4, 0.5) is 5.69 Å². The maximum Gasteiger partial charge on any atom is 0.163 e. The molecule has 0 radical (unpaired) electrons. The molecule has 21 heavy (non-hydrogen) atoms. The molecule has 1 N–H and O–H groups in total. The van der Waals surface area contributed by atoms with Crippen molar-refractivity contribution in [1.82, 2.24) is 0 Å². The maximum atomic E-state index is 5.60. The van der Waals surface area contributed by atoms with Crippen LogP contribution in [0.3, 0.4) is 0 Å². The van der Waals surface area contributed by atoms with E-state index in [1.165, 1.54) is 16.7 Å². The van der Waals surface area contributed by atoms with Gasteiger partial charge in [0.2, 0.25) is 0 Å². The Morgan fingerprint density at radius 2 is 1.81 bits per heavy atom. The molecule has 0 bridgehead atoms. The third kappa shape index (κ3) is 3.91. The van der Waals surface area contributed by atoms with Crippen LogP contribution >= 0.6 is 0 Å². The number of benzene rings is 2. The van der Waals surface area contributed by atoms with Crippen LogP contribution in [0.15, 0.2) is 36.4 Å². The van der Waals surface area contributed by atoms with Gasteiger partial charge in [-0.3, -0.25) is 0 Å². The highest BCUT2D eigenvalue weighted by Gasteiger charge is 2.06. The predicted molar refractivity (Wildman–Crippen MR) is 87.4 cm³/mol. The van der Waals surface area contributed by atoms with Crippen LogP contribution in [-0.4, -0.2) is 13.7 Å². The van der Waals surface area contributed by atoms with Gasteiger partial charge in [0.15, 0.2) is 11.5 Å². The van der Waals surface area contributed by atoms with Gasteiger partial charge in [-0.05, 0) is 44.0 Å². The number of aryl methyl sites for hydroxylation is 2. The third-order valence-corrected chi connectivity index (χ3v) is 3.45. The fourth-order valence-corrected chi connectivity index (χ4v) is 2.24. The van der Waals surface area contributed by atoms with Crippen LogP contribution in [0.1, 0.15) is 23.6 Å². The van der Waals surface area contributed by atoms with E-state index in [1.807, 2.05) is 25.1 Å². The quantitative estimate of drug-likeness (QED) is 0.857. The van der Waals surface area contributed by atoms with Gasteiger partial charge in [-0.15, -0.1) is 0 Å². The summed E-state index contributed by atoms with van der Waals surface area (Å²) in [5.41, 5.74) is 4.91. The summed E-state index contributed by atoms with van der Waals surface area (Å²) >= 11 is 0. The molecule has 0 saturated carbocycles. The van der Waals surface area contributed by atoms with Gasteiger partial charge in [0.05, 0.1) is 13.7 Å².